The molecule has 0 spiro atoms. The monoisotopic (exact) mass is 1200 g/mol. The van der Waals surface area contributed by atoms with Crippen molar-refractivity contribution >= 4 is 46.5 Å². The molecule has 26 heteroatoms. The van der Waals surface area contributed by atoms with Gasteiger partial charge in [0.25, 0.3) is 5.56 Å². The molecule has 3 aromatic rings. The van der Waals surface area contributed by atoms with E-state index in [0.29, 0.717) is 191 Å². The standard InChI is InChI=1S/C59H83N5O21/c1-3-59(73)46-39-49-52-42(40-64(49)54(69)45(46)41-84-56(59)71)38-44-47(61-52)7-8-48-53(44)83-25-18-63(48)57(72)85-43-6-4-5-12-58(2,13-9-43)55(70)60-14-21-76-28-34-82-37-31-79-24-17-62(15-22-77-29-35-80-32-26-74-19-10-50(65)66)16-23-78-30-36-81-33-27-75-20-11-51(67)68/h4,6-8,38-39,43,73H,3,5,9-37,40-41H2,1-2H3,(H,60,70)(H,65,66)(H,67,68)/b6-4+/t43-,58+,59-/m0/s1. The van der Waals surface area contributed by atoms with Gasteiger partial charge in [-0.2, -0.15) is 0 Å². The number of allylic oxidation sites excluding steroid dienone is 1. The molecule has 7 rings (SSSR count). The number of carbonyl (C=O) groups excluding carboxylic acids is 3. The highest BCUT2D eigenvalue weighted by atomic mass is 16.6. The zero-order valence-corrected chi connectivity index (χ0v) is 48.9. The molecule has 2 amide bonds. The van der Waals surface area contributed by atoms with Crippen molar-refractivity contribution < 1.29 is 96.1 Å². The molecule has 0 bridgehead atoms. The van der Waals surface area contributed by atoms with Gasteiger partial charge in [0.2, 0.25) is 5.91 Å². The van der Waals surface area contributed by atoms with Gasteiger partial charge in [-0.1, -0.05) is 19.9 Å². The van der Waals surface area contributed by atoms with Crippen molar-refractivity contribution in [3.05, 3.63) is 63.5 Å². The van der Waals surface area contributed by atoms with E-state index in [2.05, 4.69) is 10.2 Å². The number of pyridine rings is 2. The minimum atomic E-state index is -1.94. The highest BCUT2D eigenvalue weighted by Gasteiger charge is 2.45. The maximum absolute atomic E-state index is 14.0. The van der Waals surface area contributed by atoms with Crippen molar-refractivity contribution in [2.24, 2.45) is 5.41 Å². The van der Waals surface area contributed by atoms with Crippen molar-refractivity contribution in [1.82, 2.24) is 19.8 Å². The first-order chi connectivity index (χ1) is 41.2. The summed E-state index contributed by atoms with van der Waals surface area (Å²) in [6.07, 6.45) is 4.81. The number of hydrogen-bond acceptors (Lipinski definition) is 21. The van der Waals surface area contributed by atoms with Gasteiger partial charge in [0.1, 0.15) is 19.3 Å². The summed E-state index contributed by atoms with van der Waals surface area (Å²) in [5.74, 6) is -2.25. The zero-order chi connectivity index (χ0) is 60.4. The lowest BCUT2D eigenvalue weighted by atomic mass is 9.78. The molecule has 3 atom stereocenters. The average Bonchev–Trinajstić information content (AvgIpc) is 1.72. The SMILES string of the molecule is CC[C@@]1(O)C(=O)OCc2c1cc1n(c2=O)Cc2cc3c4c(ccc3nc2-1)N(C(=O)O[C@H]1/C=C/CC[C@@](C)(C(=O)NCCOCCOCCOCCN(CCOCCOCCOCCC(=O)O)CCOCCOCCOCCC(=O)O)CC1)CCO4. The van der Waals surface area contributed by atoms with Crippen molar-refractivity contribution in [2.45, 2.75) is 83.6 Å². The molecule has 0 unspecified atom stereocenters. The Balaban J connectivity index is 0.764. The first-order valence-electron chi connectivity index (χ1n) is 29.3. The number of cyclic esters (lactones) is 1. The Morgan fingerprint density at radius 3 is 1.88 bits per heavy atom. The fourth-order valence-corrected chi connectivity index (χ4v) is 10.1. The molecular weight excluding hydrogens is 1110 g/mol. The predicted molar refractivity (Wildman–Crippen MR) is 305 cm³/mol. The van der Waals surface area contributed by atoms with Gasteiger partial charge < -0.3 is 82.0 Å². The van der Waals surface area contributed by atoms with Crippen LogP contribution in [0.4, 0.5) is 10.5 Å². The number of anilines is 1. The highest BCUT2D eigenvalue weighted by Crippen LogP contribution is 2.43. The van der Waals surface area contributed by atoms with Crippen molar-refractivity contribution in [3.63, 3.8) is 0 Å². The maximum Gasteiger partial charge on any atom is 0.415 e. The van der Waals surface area contributed by atoms with Gasteiger partial charge >= 0.3 is 24.0 Å². The van der Waals surface area contributed by atoms with Crippen LogP contribution >= 0.6 is 0 Å². The summed E-state index contributed by atoms with van der Waals surface area (Å²) in [5, 5.41) is 32.3. The van der Waals surface area contributed by atoms with Crippen LogP contribution in [0.15, 0.2) is 41.2 Å². The molecule has 0 radical (unpaired) electrons. The number of carboxylic acids is 2. The first kappa shape index (κ1) is 66.4. The van der Waals surface area contributed by atoms with Crippen molar-refractivity contribution in [1.29, 1.82) is 0 Å². The number of esters is 1. The predicted octanol–water partition coefficient (Wildman–Crippen LogP) is 3.44. The van der Waals surface area contributed by atoms with Gasteiger partial charge in [-0.25, -0.2) is 14.6 Å². The molecule has 1 aliphatic carbocycles. The van der Waals surface area contributed by atoms with E-state index in [9.17, 15) is 33.9 Å². The van der Waals surface area contributed by atoms with E-state index in [-0.39, 0.29) is 81.4 Å². The number of amides is 2. The maximum atomic E-state index is 14.0. The molecule has 4 aliphatic rings. The average molecular weight is 1200 g/mol. The van der Waals surface area contributed by atoms with E-state index < -0.39 is 41.1 Å². The van der Waals surface area contributed by atoms with Gasteiger partial charge in [0.05, 0.1) is 173 Å². The second-order valence-corrected chi connectivity index (χ2v) is 21.0. The van der Waals surface area contributed by atoms with E-state index in [1.54, 1.807) is 34.6 Å². The number of benzene rings is 1. The minimum Gasteiger partial charge on any atom is -0.489 e. The number of aromatic nitrogens is 2. The summed E-state index contributed by atoms with van der Waals surface area (Å²) in [5.41, 5.74) is 0.346. The number of carbonyl (C=O) groups is 5. The molecule has 2 aromatic heterocycles. The molecule has 0 fully saturated rings. The molecule has 4 N–H and O–H groups in total. The number of carboxylic acid groups (broad SMARTS) is 2. The van der Waals surface area contributed by atoms with Gasteiger partial charge in [-0.05, 0) is 62.4 Å². The van der Waals surface area contributed by atoms with E-state index in [4.69, 9.17) is 72.0 Å². The Hall–Kier alpha value is -6.17. The molecule has 5 heterocycles. The Labute approximate surface area is 493 Å². The molecule has 0 saturated carbocycles. The molecule has 3 aliphatic heterocycles. The molecule has 26 nitrogen and oxygen atoms in total. The molecule has 85 heavy (non-hydrogen) atoms. The number of ether oxygens (including phenoxy) is 12. The number of hydrogen-bond donors (Lipinski definition) is 4. The minimum absolute atomic E-state index is 0.0371. The Morgan fingerprint density at radius 1 is 0.741 bits per heavy atom. The van der Waals surface area contributed by atoms with Crippen LogP contribution in [-0.2, 0) is 90.0 Å². The van der Waals surface area contributed by atoms with Crippen LogP contribution in [0.5, 0.6) is 5.75 Å². The van der Waals surface area contributed by atoms with Crippen LogP contribution < -0.4 is 20.5 Å². The van der Waals surface area contributed by atoms with E-state index in [1.807, 2.05) is 25.1 Å². The zero-order valence-electron chi connectivity index (χ0n) is 48.9. The summed E-state index contributed by atoms with van der Waals surface area (Å²) >= 11 is 0. The third-order valence-corrected chi connectivity index (χ3v) is 15.0. The third kappa shape index (κ3) is 19.4. The van der Waals surface area contributed by atoms with Gasteiger partial charge in [-0.3, -0.25) is 29.0 Å². The molecule has 1 aromatic carbocycles. The second kappa shape index (κ2) is 34.2. The van der Waals surface area contributed by atoms with Crippen LogP contribution in [-0.4, -0.2) is 224 Å². The Bertz CT molecular complexity index is 2740. The summed E-state index contributed by atoms with van der Waals surface area (Å²) in [4.78, 5) is 83.7. The number of nitrogens with one attached hydrogen (secondary N) is 1. The lowest BCUT2D eigenvalue weighted by Gasteiger charge is -2.33. The van der Waals surface area contributed by atoms with Gasteiger partial charge in [-0.15, -0.1) is 0 Å². The van der Waals surface area contributed by atoms with E-state index in [0.717, 1.165) is 5.56 Å². The first-order valence-corrected chi connectivity index (χ1v) is 29.3. The van der Waals surface area contributed by atoms with Crippen LogP contribution in [0.1, 0.15) is 75.5 Å². The van der Waals surface area contributed by atoms with Crippen LogP contribution in [0.2, 0.25) is 0 Å². The summed E-state index contributed by atoms with van der Waals surface area (Å²) in [7, 11) is 0. The Kier molecular flexibility index (Phi) is 26.7. The van der Waals surface area contributed by atoms with Crippen molar-refractivity contribution in [3.8, 4) is 17.1 Å². The lowest BCUT2D eigenvalue weighted by Crippen LogP contribution is -2.44. The van der Waals surface area contributed by atoms with E-state index >= 15 is 0 Å². The van der Waals surface area contributed by atoms with E-state index in [1.165, 1.54) is 0 Å². The summed E-state index contributed by atoms with van der Waals surface area (Å²) in [6.45, 7) is 12.5. The fraction of sp³-hybridized carbons (Fsp3) is 0.644. The number of aliphatic hydroxyl groups is 1. The van der Waals surface area contributed by atoms with Crippen molar-refractivity contribution in [2.75, 3.05) is 163 Å². The smallest absolute Gasteiger partial charge is 0.415 e. The Morgan fingerprint density at radius 2 is 1.31 bits per heavy atom. The highest BCUT2D eigenvalue weighted by molar-refractivity contribution is 5.99. The third-order valence-electron chi connectivity index (χ3n) is 15.0. The second-order valence-electron chi connectivity index (χ2n) is 21.0. The molecule has 0 saturated heterocycles. The molecular formula is C59H83N5O21. The fourth-order valence-electron chi connectivity index (χ4n) is 10.1. The quantitative estimate of drug-likeness (QED) is 0.0282. The van der Waals surface area contributed by atoms with Crippen LogP contribution in [0, 0.1) is 5.41 Å². The van der Waals surface area contributed by atoms with Gasteiger partial charge in [0, 0.05) is 48.1 Å². The molecule has 470 valence electrons. The van der Waals surface area contributed by atoms with Gasteiger partial charge in [0.15, 0.2) is 11.4 Å². The van der Waals surface area contributed by atoms with Crippen LogP contribution in [0.3, 0.4) is 0 Å². The topological polar surface area (TPSA) is 310 Å². The largest absolute Gasteiger partial charge is 0.489 e. The van der Waals surface area contributed by atoms with Crippen LogP contribution in [0.25, 0.3) is 22.3 Å². The summed E-state index contributed by atoms with van der Waals surface area (Å²) in [6, 6.07) is 7.11. The number of fused-ring (bicyclic) bond motifs is 7. The summed E-state index contributed by atoms with van der Waals surface area (Å²) < 4.78 is 69.2. The number of rotatable bonds is 39. The number of aliphatic carboxylic acids is 2. The lowest BCUT2D eigenvalue weighted by molar-refractivity contribution is -0.172. The normalized spacial score (nSPS) is 19.3. The number of nitrogens with zero attached hydrogens (tertiary/aromatic N) is 4.